The third kappa shape index (κ3) is 2.89. The largest absolute Gasteiger partial charge is 0.300 e. The van der Waals surface area contributed by atoms with Crippen molar-refractivity contribution in [2.24, 2.45) is 0 Å². The smallest absolute Gasteiger partial charge is 0.134 e. The van der Waals surface area contributed by atoms with E-state index in [1.54, 1.807) is 6.20 Å². The maximum atomic E-state index is 11.4. The Kier molecular flexibility index (Phi) is 3.67. The Bertz CT molecular complexity index is 350. The molecule has 0 saturated heterocycles. The molecule has 1 fully saturated rings. The number of hydrogen-bond donors (Lipinski definition) is 0. The summed E-state index contributed by atoms with van der Waals surface area (Å²) in [5.74, 6) is 0.411. The van der Waals surface area contributed by atoms with Gasteiger partial charge in [0.15, 0.2) is 0 Å². The van der Waals surface area contributed by atoms with Crippen molar-refractivity contribution in [3.05, 3.63) is 30.1 Å². The molecule has 1 heterocycles. The second-order valence-corrected chi connectivity index (χ2v) is 4.57. The Hall–Kier alpha value is -1.22. The van der Waals surface area contributed by atoms with Crippen LogP contribution in [0, 0.1) is 0 Å². The lowest BCUT2D eigenvalue weighted by atomic mass is 9.93. The number of nitrogens with zero attached hydrogens (tertiary/aromatic N) is 2. The summed E-state index contributed by atoms with van der Waals surface area (Å²) < 4.78 is 0. The monoisotopic (exact) mass is 218 g/mol. The van der Waals surface area contributed by atoms with Crippen LogP contribution in [0.15, 0.2) is 24.5 Å². The van der Waals surface area contributed by atoms with Crippen molar-refractivity contribution < 1.29 is 4.79 Å². The van der Waals surface area contributed by atoms with Crippen molar-refractivity contribution in [1.82, 2.24) is 9.88 Å². The highest BCUT2D eigenvalue weighted by molar-refractivity contribution is 5.79. The van der Waals surface area contributed by atoms with Crippen molar-refractivity contribution >= 4 is 5.78 Å². The standard InChI is InChI=1S/C13H18N2O/c1-15(10-11-4-3-7-14-9-11)12-5-2-6-13(16)8-12/h3-4,7,9,12H,2,5-6,8,10H2,1H3. The molecule has 86 valence electrons. The average Bonchev–Trinajstić information content (AvgIpc) is 2.30. The molecule has 1 unspecified atom stereocenters. The Morgan fingerprint density at radius 2 is 2.44 bits per heavy atom. The lowest BCUT2D eigenvalue weighted by molar-refractivity contribution is -0.121. The molecule has 1 saturated carbocycles. The van der Waals surface area contributed by atoms with Gasteiger partial charge in [0.05, 0.1) is 0 Å². The van der Waals surface area contributed by atoms with E-state index in [2.05, 4.69) is 23.0 Å². The normalized spacial score (nSPS) is 21.4. The van der Waals surface area contributed by atoms with Crippen LogP contribution in [-0.4, -0.2) is 28.8 Å². The highest BCUT2D eigenvalue weighted by Crippen LogP contribution is 2.20. The molecule has 2 rings (SSSR count). The number of pyridine rings is 1. The highest BCUT2D eigenvalue weighted by Gasteiger charge is 2.22. The number of carbonyl (C=O) groups excluding carboxylic acids is 1. The fourth-order valence-corrected chi connectivity index (χ4v) is 2.29. The predicted octanol–water partition coefficient (Wildman–Crippen LogP) is 2.03. The van der Waals surface area contributed by atoms with Crippen molar-refractivity contribution in [3.63, 3.8) is 0 Å². The second kappa shape index (κ2) is 5.21. The Labute approximate surface area is 96.5 Å². The van der Waals surface area contributed by atoms with Gasteiger partial charge in [-0.3, -0.25) is 14.7 Å². The SMILES string of the molecule is CN(Cc1cccnc1)C1CCCC(=O)C1. The highest BCUT2D eigenvalue weighted by atomic mass is 16.1. The molecule has 3 heteroatoms. The number of rotatable bonds is 3. The minimum absolute atomic E-state index is 0.411. The van der Waals surface area contributed by atoms with Gasteiger partial charge in [0.25, 0.3) is 0 Å². The van der Waals surface area contributed by atoms with Gasteiger partial charge in [0.2, 0.25) is 0 Å². The van der Waals surface area contributed by atoms with Gasteiger partial charge < -0.3 is 0 Å². The first-order chi connectivity index (χ1) is 7.75. The molecular formula is C13H18N2O. The first kappa shape index (κ1) is 11.3. The van der Waals surface area contributed by atoms with Gasteiger partial charge in [0.1, 0.15) is 5.78 Å². The van der Waals surface area contributed by atoms with Crippen LogP contribution in [0.25, 0.3) is 0 Å². The third-order valence-electron chi connectivity index (χ3n) is 3.23. The van der Waals surface area contributed by atoms with Crippen molar-refractivity contribution in [3.8, 4) is 0 Å². The van der Waals surface area contributed by atoms with E-state index in [-0.39, 0.29) is 0 Å². The topological polar surface area (TPSA) is 33.2 Å². The third-order valence-corrected chi connectivity index (χ3v) is 3.23. The summed E-state index contributed by atoms with van der Waals surface area (Å²) >= 11 is 0. The maximum Gasteiger partial charge on any atom is 0.134 e. The zero-order valence-electron chi connectivity index (χ0n) is 9.72. The molecular weight excluding hydrogens is 200 g/mol. The summed E-state index contributed by atoms with van der Waals surface area (Å²) in [6.45, 7) is 0.881. The van der Waals surface area contributed by atoms with Crippen LogP contribution in [0.2, 0.25) is 0 Å². The summed E-state index contributed by atoms with van der Waals surface area (Å²) in [5, 5.41) is 0. The van der Waals surface area contributed by atoms with E-state index < -0.39 is 0 Å². The molecule has 0 radical (unpaired) electrons. The van der Waals surface area contributed by atoms with Gasteiger partial charge in [-0.25, -0.2) is 0 Å². The Morgan fingerprint density at radius 3 is 3.12 bits per heavy atom. The molecule has 1 aliphatic rings. The number of ketones is 1. The van der Waals surface area contributed by atoms with Crippen LogP contribution in [0.3, 0.4) is 0 Å². The minimum atomic E-state index is 0.411. The van der Waals surface area contributed by atoms with Crippen molar-refractivity contribution in [1.29, 1.82) is 0 Å². The van der Waals surface area contributed by atoms with E-state index in [1.807, 2.05) is 12.3 Å². The number of aromatic nitrogens is 1. The molecule has 1 atom stereocenters. The fraction of sp³-hybridized carbons (Fsp3) is 0.538. The van der Waals surface area contributed by atoms with Gasteiger partial charge in [-0.1, -0.05) is 6.07 Å². The van der Waals surface area contributed by atoms with Gasteiger partial charge in [-0.15, -0.1) is 0 Å². The van der Waals surface area contributed by atoms with Crippen molar-refractivity contribution in [2.75, 3.05) is 7.05 Å². The summed E-state index contributed by atoms with van der Waals surface area (Å²) in [7, 11) is 2.09. The van der Waals surface area contributed by atoms with Crippen molar-refractivity contribution in [2.45, 2.75) is 38.3 Å². The first-order valence-corrected chi connectivity index (χ1v) is 5.86. The minimum Gasteiger partial charge on any atom is -0.300 e. The van der Waals surface area contributed by atoms with Gasteiger partial charge in [0, 0.05) is 37.8 Å². The molecule has 16 heavy (non-hydrogen) atoms. The first-order valence-electron chi connectivity index (χ1n) is 5.86. The maximum absolute atomic E-state index is 11.4. The van der Waals surface area contributed by atoms with E-state index >= 15 is 0 Å². The lowest BCUT2D eigenvalue weighted by Gasteiger charge is -2.30. The quantitative estimate of drug-likeness (QED) is 0.778. The number of Topliss-reactive ketones (excluding diaryl/α,β-unsaturated/α-hetero) is 1. The van der Waals surface area contributed by atoms with Crippen LogP contribution < -0.4 is 0 Å². The van der Waals surface area contributed by atoms with Gasteiger partial charge >= 0.3 is 0 Å². The molecule has 0 spiro atoms. The summed E-state index contributed by atoms with van der Waals surface area (Å²) in [6, 6.07) is 4.45. The van der Waals surface area contributed by atoms with Crippen LogP contribution in [-0.2, 0) is 11.3 Å². The molecule has 0 amide bonds. The fourth-order valence-electron chi connectivity index (χ4n) is 2.29. The summed E-state index contributed by atoms with van der Waals surface area (Å²) in [5.41, 5.74) is 1.21. The van der Waals surface area contributed by atoms with Crippen LogP contribution in [0.1, 0.15) is 31.2 Å². The van der Waals surface area contributed by atoms with Gasteiger partial charge in [-0.05, 0) is 31.5 Å². The van der Waals surface area contributed by atoms with E-state index in [1.165, 1.54) is 5.56 Å². The predicted molar refractivity (Wildman–Crippen MR) is 63.0 cm³/mol. The zero-order chi connectivity index (χ0) is 11.4. The van der Waals surface area contributed by atoms with E-state index in [4.69, 9.17) is 0 Å². The Morgan fingerprint density at radius 1 is 1.56 bits per heavy atom. The average molecular weight is 218 g/mol. The van der Waals surface area contributed by atoms with E-state index in [0.29, 0.717) is 11.8 Å². The molecule has 3 nitrogen and oxygen atoms in total. The molecule has 0 bridgehead atoms. The van der Waals surface area contributed by atoms with Crippen LogP contribution in [0.5, 0.6) is 0 Å². The number of carbonyl (C=O) groups is 1. The van der Waals surface area contributed by atoms with Crippen LogP contribution in [0.4, 0.5) is 0 Å². The zero-order valence-corrected chi connectivity index (χ0v) is 9.72. The number of hydrogen-bond acceptors (Lipinski definition) is 3. The lowest BCUT2D eigenvalue weighted by Crippen LogP contribution is -2.35. The second-order valence-electron chi connectivity index (χ2n) is 4.57. The molecule has 1 aromatic rings. The van der Waals surface area contributed by atoms with Crippen LogP contribution >= 0.6 is 0 Å². The molecule has 1 aromatic heterocycles. The van der Waals surface area contributed by atoms with E-state index in [9.17, 15) is 4.79 Å². The molecule has 0 aromatic carbocycles. The summed E-state index contributed by atoms with van der Waals surface area (Å²) in [4.78, 5) is 17.8. The summed E-state index contributed by atoms with van der Waals surface area (Å²) in [6.07, 6.45) is 7.35. The molecule has 1 aliphatic carbocycles. The Balaban J connectivity index is 1.92. The molecule has 0 N–H and O–H groups in total. The van der Waals surface area contributed by atoms with E-state index in [0.717, 1.165) is 32.2 Å². The molecule has 0 aliphatic heterocycles. The van der Waals surface area contributed by atoms with Gasteiger partial charge in [-0.2, -0.15) is 0 Å².